The molecule has 0 atom stereocenters. The summed E-state index contributed by atoms with van der Waals surface area (Å²) in [6.45, 7) is 0. The lowest BCUT2D eigenvalue weighted by Gasteiger charge is -2.23. The largest absolute Gasteiger partial charge is 0.268 e. The van der Waals surface area contributed by atoms with E-state index >= 15 is 0 Å². The summed E-state index contributed by atoms with van der Waals surface area (Å²) < 4.78 is 0. The first-order valence-electron chi connectivity index (χ1n) is 8.93. The van der Waals surface area contributed by atoms with E-state index in [1.807, 2.05) is 18.2 Å². The maximum Gasteiger partial charge on any atom is 0.265 e. The Hall–Kier alpha value is -3.14. The number of imide groups is 1. The van der Waals surface area contributed by atoms with Gasteiger partial charge >= 0.3 is 0 Å². The summed E-state index contributed by atoms with van der Waals surface area (Å²) in [4.78, 5) is 28.0. The van der Waals surface area contributed by atoms with Crippen molar-refractivity contribution < 1.29 is 9.59 Å². The molecule has 4 aromatic rings. The van der Waals surface area contributed by atoms with E-state index < -0.39 is 11.8 Å². The van der Waals surface area contributed by atoms with E-state index in [-0.39, 0.29) is 0 Å². The highest BCUT2D eigenvalue weighted by Crippen LogP contribution is 2.36. The van der Waals surface area contributed by atoms with Crippen LogP contribution in [0.25, 0.3) is 10.8 Å². The number of carbonyl (C=O) groups is 2. The van der Waals surface area contributed by atoms with Crippen LogP contribution in [0.3, 0.4) is 0 Å². The Kier molecular flexibility index (Phi) is 5.34. The van der Waals surface area contributed by atoms with Crippen molar-refractivity contribution in [2.24, 2.45) is 0 Å². The number of hydrogen-bond donors (Lipinski definition) is 0. The van der Waals surface area contributed by atoms with Crippen molar-refractivity contribution in [3.63, 3.8) is 0 Å². The van der Waals surface area contributed by atoms with E-state index in [0.29, 0.717) is 32.2 Å². The van der Waals surface area contributed by atoms with Gasteiger partial charge in [0, 0.05) is 21.5 Å². The lowest BCUT2D eigenvalue weighted by Crippen LogP contribution is -2.37. The molecule has 4 rings (SSSR count). The zero-order valence-electron chi connectivity index (χ0n) is 15.2. The van der Waals surface area contributed by atoms with Crippen LogP contribution in [0.4, 0.5) is 5.69 Å². The lowest BCUT2D eigenvalue weighted by molar-refractivity contribution is 0.0898. The highest BCUT2D eigenvalue weighted by atomic mass is 35.5. The fourth-order valence-electron chi connectivity index (χ4n) is 3.24. The number of benzene rings is 4. The normalized spacial score (nSPS) is 10.7. The molecule has 3 nitrogen and oxygen atoms in total. The molecule has 0 aromatic heterocycles. The van der Waals surface area contributed by atoms with E-state index in [0.717, 1.165) is 5.39 Å². The Bertz CT molecular complexity index is 1160. The van der Waals surface area contributed by atoms with E-state index in [1.165, 1.54) is 4.90 Å². The van der Waals surface area contributed by atoms with Crippen LogP contribution >= 0.6 is 23.2 Å². The average Bonchev–Trinajstić information content (AvgIpc) is 2.74. The Morgan fingerprint density at radius 3 is 1.76 bits per heavy atom. The summed E-state index contributed by atoms with van der Waals surface area (Å²) in [5.41, 5.74) is 1.21. The van der Waals surface area contributed by atoms with Gasteiger partial charge in [0.2, 0.25) is 0 Å². The number of amides is 2. The van der Waals surface area contributed by atoms with Crippen molar-refractivity contribution in [2.75, 3.05) is 4.90 Å². The number of rotatable bonds is 3. The summed E-state index contributed by atoms with van der Waals surface area (Å²) >= 11 is 12.6. The number of anilines is 1. The topological polar surface area (TPSA) is 37.4 Å². The predicted octanol–water partition coefficient (Wildman–Crippen LogP) is 6.63. The molecule has 0 spiro atoms. The zero-order chi connectivity index (χ0) is 20.4. The lowest BCUT2D eigenvalue weighted by atomic mass is 10.1. The highest BCUT2D eigenvalue weighted by Gasteiger charge is 2.28. The van der Waals surface area contributed by atoms with E-state index in [2.05, 4.69) is 0 Å². The minimum absolute atomic E-state index is 0.370. The van der Waals surface area contributed by atoms with Gasteiger partial charge in [-0.3, -0.25) is 9.59 Å². The van der Waals surface area contributed by atoms with Crippen molar-refractivity contribution in [2.45, 2.75) is 0 Å². The molecular weight excluding hydrogens is 405 g/mol. The molecule has 0 heterocycles. The zero-order valence-corrected chi connectivity index (χ0v) is 16.7. The van der Waals surface area contributed by atoms with Gasteiger partial charge in [-0.25, -0.2) is 4.90 Å². The van der Waals surface area contributed by atoms with Crippen LogP contribution in [0.15, 0.2) is 91.0 Å². The first kappa shape index (κ1) is 19.2. The van der Waals surface area contributed by atoms with Crippen LogP contribution in [-0.4, -0.2) is 11.8 Å². The van der Waals surface area contributed by atoms with Crippen molar-refractivity contribution in [3.05, 3.63) is 112 Å². The fraction of sp³-hybridized carbons (Fsp3) is 0. The van der Waals surface area contributed by atoms with Gasteiger partial charge in [-0.1, -0.05) is 71.7 Å². The number of nitrogens with zero attached hydrogens (tertiary/aromatic N) is 1. The Morgan fingerprint density at radius 2 is 1.21 bits per heavy atom. The van der Waals surface area contributed by atoms with Gasteiger partial charge in [0.05, 0.1) is 10.7 Å². The molecule has 0 fully saturated rings. The molecular formula is C24H15Cl2NO2. The molecule has 0 bridgehead atoms. The average molecular weight is 420 g/mol. The number of carbonyl (C=O) groups excluding carboxylic acids is 2. The minimum Gasteiger partial charge on any atom is -0.268 e. The third-order valence-electron chi connectivity index (χ3n) is 4.56. The van der Waals surface area contributed by atoms with E-state index in [9.17, 15) is 9.59 Å². The molecule has 5 heteroatoms. The summed E-state index contributed by atoms with van der Waals surface area (Å²) in [5.74, 6) is -0.865. The third kappa shape index (κ3) is 3.75. The number of fused-ring (bicyclic) bond motifs is 1. The van der Waals surface area contributed by atoms with Crippen LogP contribution in [0.2, 0.25) is 10.0 Å². The summed E-state index contributed by atoms with van der Waals surface area (Å²) in [6, 6.07) is 26.1. The summed E-state index contributed by atoms with van der Waals surface area (Å²) in [5, 5.41) is 2.18. The van der Waals surface area contributed by atoms with Gasteiger partial charge in [0.15, 0.2) is 0 Å². The molecule has 0 N–H and O–H groups in total. The molecule has 2 amide bonds. The van der Waals surface area contributed by atoms with Gasteiger partial charge in [0.1, 0.15) is 0 Å². The number of hydrogen-bond acceptors (Lipinski definition) is 2. The molecule has 4 aromatic carbocycles. The monoisotopic (exact) mass is 419 g/mol. The molecule has 0 aliphatic heterocycles. The number of halogens is 2. The molecule has 0 radical (unpaired) electrons. The molecule has 0 unspecified atom stereocenters. The second-order valence-corrected chi connectivity index (χ2v) is 7.28. The quantitative estimate of drug-likeness (QED) is 0.349. The molecule has 142 valence electrons. The maximum absolute atomic E-state index is 13.4. The van der Waals surface area contributed by atoms with Crippen molar-refractivity contribution >= 4 is 51.5 Å². The molecule has 0 saturated carbocycles. The van der Waals surface area contributed by atoms with E-state index in [1.54, 1.807) is 72.8 Å². The van der Waals surface area contributed by atoms with Gasteiger partial charge < -0.3 is 0 Å². The van der Waals surface area contributed by atoms with Crippen molar-refractivity contribution in [1.82, 2.24) is 0 Å². The second-order valence-electron chi connectivity index (χ2n) is 6.44. The van der Waals surface area contributed by atoms with Crippen molar-refractivity contribution in [1.29, 1.82) is 0 Å². The predicted molar refractivity (Wildman–Crippen MR) is 118 cm³/mol. The summed E-state index contributed by atoms with van der Waals surface area (Å²) in [6.07, 6.45) is 0. The molecule has 0 saturated heterocycles. The standard InChI is InChI=1S/C24H15Cl2NO2/c25-19-14-18-12-7-13-21(22(18)20(26)15-19)27(23(28)16-8-3-1-4-9-16)24(29)17-10-5-2-6-11-17/h1-15H. The molecule has 29 heavy (non-hydrogen) atoms. The van der Waals surface area contributed by atoms with Crippen LogP contribution in [0.1, 0.15) is 20.7 Å². The SMILES string of the molecule is O=C(c1ccccc1)N(C(=O)c1ccccc1)c1cccc2cc(Cl)cc(Cl)c12. The Morgan fingerprint density at radius 1 is 0.655 bits per heavy atom. The first-order chi connectivity index (χ1) is 14.1. The van der Waals surface area contributed by atoms with Gasteiger partial charge in [-0.2, -0.15) is 0 Å². The Balaban J connectivity index is 1.95. The van der Waals surface area contributed by atoms with Gasteiger partial charge in [0.25, 0.3) is 11.8 Å². The van der Waals surface area contributed by atoms with Gasteiger partial charge in [-0.05, 0) is 47.9 Å². The van der Waals surface area contributed by atoms with Crippen LogP contribution in [-0.2, 0) is 0 Å². The van der Waals surface area contributed by atoms with E-state index in [4.69, 9.17) is 23.2 Å². The second kappa shape index (κ2) is 8.08. The minimum atomic E-state index is -0.432. The van der Waals surface area contributed by atoms with Crippen LogP contribution < -0.4 is 4.90 Å². The van der Waals surface area contributed by atoms with Crippen molar-refractivity contribution in [3.8, 4) is 0 Å². The smallest absolute Gasteiger partial charge is 0.265 e. The fourth-order valence-corrected chi connectivity index (χ4v) is 3.84. The maximum atomic E-state index is 13.4. The van der Waals surface area contributed by atoms with Crippen LogP contribution in [0.5, 0.6) is 0 Å². The third-order valence-corrected chi connectivity index (χ3v) is 5.08. The summed E-state index contributed by atoms with van der Waals surface area (Å²) in [7, 11) is 0. The first-order valence-corrected chi connectivity index (χ1v) is 9.68. The van der Waals surface area contributed by atoms with Crippen LogP contribution in [0, 0.1) is 0 Å². The Labute approximate surface area is 178 Å². The molecule has 0 aliphatic carbocycles. The van der Waals surface area contributed by atoms with Gasteiger partial charge in [-0.15, -0.1) is 0 Å². The highest BCUT2D eigenvalue weighted by molar-refractivity contribution is 6.40. The molecule has 0 aliphatic rings.